The molecular weight excluding hydrogens is 273 g/mol. The van der Waals surface area contributed by atoms with Gasteiger partial charge in [-0.25, -0.2) is 4.39 Å². The molecule has 2 rings (SSSR count). The Morgan fingerprint density at radius 2 is 2.29 bits per heavy atom. The molecule has 0 N–H and O–H groups in total. The van der Waals surface area contributed by atoms with Gasteiger partial charge < -0.3 is 14.2 Å². The lowest BCUT2D eigenvalue weighted by Gasteiger charge is -2.32. The largest absolute Gasteiger partial charge is 0.382 e. The van der Waals surface area contributed by atoms with E-state index in [0.29, 0.717) is 26.4 Å². The van der Waals surface area contributed by atoms with Crippen molar-refractivity contribution < 1.29 is 18.6 Å². The number of nitrogens with zero attached hydrogens (tertiary/aromatic N) is 1. The Morgan fingerprint density at radius 3 is 2.95 bits per heavy atom. The molecule has 3 atom stereocenters. The first kappa shape index (κ1) is 16.9. The third kappa shape index (κ3) is 4.03. The number of hydrogen-bond acceptors (Lipinski definition) is 4. The second-order valence-electron chi connectivity index (χ2n) is 6.27. The topological polar surface area (TPSA) is 30.9 Å². The fourth-order valence-corrected chi connectivity index (χ4v) is 3.30. The van der Waals surface area contributed by atoms with E-state index in [1.165, 1.54) is 0 Å². The van der Waals surface area contributed by atoms with Crippen molar-refractivity contribution in [3.8, 4) is 0 Å². The molecule has 0 aromatic rings. The maximum absolute atomic E-state index is 12.9. The van der Waals surface area contributed by atoms with Crippen LogP contribution in [0.4, 0.5) is 4.39 Å². The summed E-state index contributed by atoms with van der Waals surface area (Å²) < 4.78 is 29.8. The number of fused-ring (bicyclic) bond motifs is 1. The van der Waals surface area contributed by atoms with Gasteiger partial charge in [0, 0.05) is 20.2 Å². The van der Waals surface area contributed by atoms with Gasteiger partial charge in [-0.1, -0.05) is 6.92 Å². The Hall–Kier alpha value is -0.490. The first-order chi connectivity index (χ1) is 10.1. The third-order valence-electron chi connectivity index (χ3n) is 4.66. The number of ether oxygens (including phenoxy) is 3. The highest BCUT2D eigenvalue weighted by Crippen LogP contribution is 2.42. The Kier molecular flexibility index (Phi) is 6.17. The van der Waals surface area contributed by atoms with Crippen LogP contribution in [0.5, 0.6) is 0 Å². The molecule has 4 nitrogen and oxygen atoms in total. The van der Waals surface area contributed by atoms with Crippen LogP contribution < -0.4 is 0 Å². The van der Waals surface area contributed by atoms with Crippen LogP contribution in [0, 0.1) is 0 Å². The van der Waals surface area contributed by atoms with E-state index in [1.807, 2.05) is 0 Å². The highest BCUT2D eigenvalue weighted by atomic mass is 19.1. The molecule has 2 heterocycles. The fourth-order valence-electron chi connectivity index (χ4n) is 3.30. The molecule has 1 unspecified atom stereocenters. The molecule has 2 fully saturated rings. The zero-order valence-corrected chi connectivity index (χ0v) is 13.4. The van der Waals surface area contributed by atoms with Gasteiger partial charge in [-0.15, -0.1) is 0 Å². The van der Waals surface area contributed by atoms with Crippen LogP contribution in [-0.4, -0.2) is 62.7 Å². The summed E-state index contributed by atoms with van der Waals surface area (Å²) in [5.74, 6) is 0. The van der Waals surface area contributed by atoms with Crippen LogP contribution in [0.2, 0.25) is 0 Å². The molecule has 122 valence electrons. The summed E-state index contributed by atoms with van der Waals surface area (Å²) in [6, 6.07) is 0. The van der Waals surface area contributed by atoms with Crippen LogP contribution in [0.1, 0.15) is 33.1 Å². The fraction of sp³-hybridized carbons (Fsp3) is 0.875. The van der Waals surface area contributed by atoms with Crippen LogP contribution in [0.3, 0.4) is 0 Å². The zero-order valence-electron chi connectivity index (χ0n) is 13.4. The average Bonchev–Trinajstić information content (AvgIpc) is 2.98. The SMILES string of the molecule is CCC(C)OC[C@]12C/C(=C/F)CN1C[C@@H](OCCOC)C2. The molecule has 0 bridgehead atoms. The highest BCUT2D eigenvalue weighted by molar-refractivity contribution is 5.20. The molecule has 21 heavy (non-hydrogen) atoms. The van der Waals surface area contributed by atoms with Gasteiger partial charge in [-0.2, -0.15) is 0 Å². The number of halogens is 1. The lowest BCUT2D eigenvalue weighted by molar-refractivity contribution is -0.00887. The second-order valence-corrected chi connectivity index (χ2v) is 6.27. The van der Waals surface area contributed by atoms with E-state index in [2.05, 4.69) is 18.7 Å². The smallest absolute Gasteiger partial charge is 0.0872 e. The minimum atomic E-state index is -0.0842. The Bertz CT molecular complexity index is 363. The molecule has 0 aromatic heterocycles. The van der Waals surface area contributed by atoms with E-state index in [4.69, 9.17) is 14.2 Å². The van der Waals surface area contributed by atoms with Crippen LogP contribution in [0.25, 0.3) is 0 Å². The maximum atomic E-state index is 12.9. The molecule has 2 aliphatic heterocycles. The summed E-state index contributed by atoms with van der Waals surface area (Å²) in [4.78, 5) is 2.33. The molecule has 5 heteroatoms. The van der Waals surface area contributed by atoms with Gasteiger partial charge in [-0.05, 0) is 31.8 Å². The van der Waals surface area contributed by atoms with E-state index < -0.39 is 0 Å². The predicted molar refractivity (Wildman–Crippen MR) is 80.1 cm³/mol. The molecule has 0 aromatic carbocycles. The molecule has 0 aliphatic carbocycles. The van der Waals surface area contributed by atoms with Crippen molar-refractivity contribution >= 4 is 0 Å². The van der Waals surface area contributed by atoms with Crippen LogP contribution >= 0.6 is 0 Å². The summed E-state index contributed by atoms with van der Waals surface area (Å²) in [6.45, 7) is 7.64. The van der Waals surface area contributed by atoms with Crippen molar-refractivity contribution in [2.24, 2.45) is 0 Å². The van der Waals surface area contributed by atoms with Crippen molar-refractivity contribution in [1.82, 2.24) is 4.90 Å². The van der Waals surface area contributed by atoms with Crippen molar-refractivity contribution in [3.05, 3.63) is 11.9 Å². The summed E-state index contributed by atoms with van der Waals surface area (Å²) in [7, 11) is 1.68. The van der Waals surface area contributed by atoms with Crippen LogP contribution in [0.15, 0.2) is 11.9 Å². The first-order valence-electron chi connectivity index (χ1n) is 7.89. The summed E-state index contributed by atoms with van der Waals surface area (Å²) in [6.07, 6.45) is 3.86. The predicted octanol–water partition coefficient (Wildman–Crippen LogP) is 2.53. The standard InChI is InChI=1S/C16H28FNO3/c1-4-13(2)21-12-16-7-14(9-17)10-18(16)11-15(8-16)20-6-5-19-3/h9,13,15H,4-8,10-12H2,1-3H3/b14-9-/t13?,15-,16+/m0/s1. The van der Waals surface area contributed by atoms with Crippen molar-refractivity contribution in [2.75, 3.05) is 40.0 Å². The van der Waals surface area contributed by atoms with Gasteiger partial charge in [0.1, 0.15) is 0 Å². The van der Waals surface area contributed by atoms with Crippen molar-refractivity contribution in [2.45, 2.75) is 50.9 Å². The molecule has 0 amide bonds. The van der Waals surface area contributed by atoms with Crippen molar-refractivity contribution in [1.29, 1.82) is 0 Å². The lowest BCUT2D eigenvalue weighted by Crippen LogP contribution is -2.43. The van der Waals surface area contributed by atoms with Gasteiger partial charge in [0.25, 0.3) is 0 Å². The lowest BCUT2D eigenvalue weighted by atomic mass is 9.93. The quantitative estimate of drug-likeness (QED) is 0.645. The Labute approximate surface area is 127 Å². The minimum Gasteiger partial charge on any atom is -0.382 e. The molecule has 0 spiro atoms. The van der Waals surface area contributed by atoms with E-state index in [0.717, 1.165) is 37.7 Å². The summed E-state index contributed by atoms with van der Waals surface area (Å²) in [5, 5.41) is 0. The molecule has 0 radical (unpaired) electrons. The first-order valence-corrected chi connectivity index (χ1v) is 7.89. The average molecular weight is 301 g/mol. The maximum Gasteiger partial charge on any atom is 0.0872 e. The van der Waals surface area contributed by atoms with Gasteiger partial charge in [0.2, 0.25) is 0 Å². The Morgan fingerprint density at radius 1 is 1.48 bits per heavy atom. The highest BCUT2D eigenvalue weighted by Gasteiger charge is 2.50. The number of methoxy groups -OCH3 is 1. The monoisotopic (exact) mass is 301 g/mol. The van der Waals surface area contributed by atoms with E-state index in [1.54, 1.807) is 7.11 Å². The minimum absolute atomic E-state index is 0.0842. The van der Waals surface area contributed by atoms with E-state index >= 15 is 0 Å². The zero-order chi connectivity index (χ0) is 15.3. The summed E-state index contributed by atoms with van der Waals surface area (Å²) >= 11 is 0. The Balaban J connectivity index is 1.95. The van der Waals surface area contributed by atoms with Gasteiger partial charge in [0.15, 0.2) is 0 Å². The molecular formula is C16H28FNO3. The van der Waals surface area contributed by atoms with Gasteiger partial charge >= 0.3 is 0 Å². The van der Waals surface area contributed by atoms with Gasteiger partial charge in [-0.3, -0.25) is 4.90 Å². The summed E-state index contributed by atoms with van der Waals surface area (Å²) in [5.41, 5.74) is 0.789. The third-order valence-corrected chi connectivity index (χ3v) is 4.66. The molecule has 0 saturated carbocycles. The van der Waals surface area contributed by atoms with Crippen LogP contribution in [-0.2, 0) is 14.2 Å². The normalized spacial score (nSPS) is 32.8. The number of hydrogen-bond donors (Lipinski definition) is 0. The van der Waals surface area contributed by atoms with Crippen molar-refractivity contribution in [3.63, 3.8) is 0 Å². The van der Waals surface area contributed by atoms with E-state index in [-0.39, 0.29) is 17.7 Å². The molecule has 2 aliphatic rings. The van der Waals surface area contributed by atoms with Gasteiger partial charge in [0.05, 0.1) is 43.9 Å². The van der Waals surface area contributed by atoms with E-state index in [9.17, 15) is 4.39 Å². The molecule has 2 saturated heterocycles. The second kappa shape index (κ2) is 7.68. The number of rotatable bonds is 8.